The molecule has 2 rings (SSSR count). The third kappa shape index (κ3) is 2.53. The van der Waals surface area contributed by atoms with Gasteiger partial charge in [0.2, 0.25) is 5.91 Å². The lowest BCUT2D eigenvalue weighted by Crippen LogP contribution is -2.48. The molecule has 0 spiro atoms. The fourth-order valence-electron chi connectivity index (χ4n) is 3.37. The summed E-state index contributed by atoms with van der Waals surface area (Å²) in [5, 5.41) is 0. The average Bonchev–Trinajstić information content (AvgIpc) is 2.60. The summed E-state index contributed by atoms with van der Waals surface area (Å²) in [5.41, 5.74) is 2.27. The number of fused-ring (bicyclic) bond motifs is 2. The number of amides is 1. The second kappa shape index (κ2) is 5.55. The maximum Gasteiger partial charge on any atom is 0.238 e. The Morgan fingerprint density at radius 2 is 1.94 bits per heavy atom. The Bertz CT molecular complexity index is 309. The molecule has 2 heterocycles. The molecule has 3 N–H and O–H groups in total. The Balaban J connectivity index is 1.99. The van der Waals surface area contributed by atoms with Crippen molar-refractivity contribution in [2.24, 2.45) is 11.8 Å². The van der Waals surface area contributed by atoms with Gasteiger partial charge in [0.05, 0.1) is 5.92 Å². The normalized spacial score (nSPS) is 32.9. The molecule has 0 saturated carbocycles. The summed E-state index contributed by atoms with van der Waals surface area (Å²) in [4.78, 5) is 16.6. The number of nitrogens with two attached hydrogens (primary N) is 1. The first-order valence-electron chi connectivity index (χ1n) is 7.01. The van der Waals surface area contributed by atoms with E-state index in [1.165, 1.54) is 19.3 Å². The molecule has 5 heteroatoms. The van der Waals surface area contributed by atoms with Crippen LogP contribution in [0.1, 0.15) is 33.1 Å². The Morgan fingerprint density at radius 1 is 1.28 bits per heavy atom. The number of nitrogens with one attached hydrogen (secondary N) is 1. The third-order valence-electron chi connectivity index (χ3n) is 5.04. The van der Waals surface area contributed by atoms with Gasteiger partial charge in [-0.25, -0.2) is 5.84 Å². The molecule has 2 saturated heterocycles. The van der Waals surface area contributed by atoms with Gasteiger partial charge in [0.1, 0.15) is 0 Å². The van der Waals surface area contributed by atoms with E-state index >= 15 is 0 Å². The van der Waals surface area contributed by atoms with Crippen LogP contribution in [-0.4, -0.2) is 54.0 Å². The van der Waals surface area contributed by atoms with Crippen molar-refractivity contribution >= 4 is 5.91 Å². The van der Waals surface area contributed by atoms with Crippen molar-refractivity contribution in [2.45, 2.75) is 51.2 Å². The van der Waals surface area contributed by atoms with E-state index < -0.39 is 0 Å². The predicted octanol–water partition coefficient (Wildman–Crippen LogP) is 0.169. The van der Waals surface area contributed by atoms with Crippen molar-refractivity contribution in [3.63, 3.8) is 0 Å². The standard InChI is InChI=1S/C13H26N4O/c1-9(13(18)15-14)10(2)17-7-6-11-4-5-12(8-17)16(11)3/h9-12H,4-8,14H2,1-3H3,(H,15,18). The van der Waals surface area contributed by atoms with Gasteiger partial charge in [-0.2, -0.15) is 0 Å². The fraction of sp³-hybridized carbons (Fsp3) is 0.923. The van der Waals surface area contributed by atoms with Gasteiger partial charge in [-0.1, -0.05) is 6.92 Å². The number of carbonyl (C=O) groups excluding carboxylic acids is 1. The molecule has 0 aromatic rings. The van der Waals surface area contributed by atoms with E-state index in [1.54, 1.807) is 0 Å². The lowest BCUT2D eigenvalue weighted by atomic mass is 9.99. The number of likely N-dealkylation sites (tertiary alicyclic amines) is 1. The largest absolute Gasteiger partial charge is 0.299 e. The highest BCUT2D eigenvalue weighted by atomic mass is 16.2. The van der Waals surface area contributed by atoms with Gasteiger partial charge in [0.15, 0.2) is 0 Å². The summed E-state index contributed by atoms with van der Waals surface area (Å²) in [6.45, 7) is 6.27. The van der Waals surface area contributed by atoms with Gasteiger partial charge < -0.3 is 0 Å². The van der Waals surface area contributed by atoms with Crippen LogP contribution in [0.15, 0.2) is 0 Å². The number of hydrazine groups is 1. The number of carbonyl (C=O) groups is 1. The molecule has 2 aliphatic rings. The molecule has 4 atom stereocenters. The highest BCUT2D eigenvalue weighted by Crippen LogP contribution is 2.30. The minimum atomic E-state index is -0.0646. The molecule has 2 aliphatic heterocycles. The quantitative estimate of drug-likeness (QED) is 0.428. The van der Waals surface area contributed by atoms with E-state index in [2.05, 4.69) is 29.2 Å². The van der Waals surface area contributed by atoms with Crippen molar-refractivity contribution < 1.29 is 4.79 Å². The Morgan fingerprint density at radius 3 is 2.61 bits per heavy atom. The highest BCUT2D eigenvalue weighted by molar-refractivity contribution is 5.78. The van der Waals surface area contributed by atoms with Crippen LogP contribution in [0.2, 0.25) is 0 Å². The first kappa shape index (κ1) is 13.8. The van der Waals surface area contributed by atoms with Crippen LogP contribution in [0.5, 0.6) is 0 Å². The molecule has 0 aliphatic carbocycles. The highest BCUT2D eigenvalue weighted by Gasteiger charge is 2.37. The van der Waals surface area contributed by atoms with E-state index in [9.17, 15) is 4.79 Å². The minimum Gasteiger partial charge on any atom is -0.299 e. The molecule has 2 fully saturated rings. The van der Waals surface area contributed by atoms with Gasteiger partial charge in [-0.15, -0.1) is 0 Å². The summed E-state index contributed by atoms with van der Waals surface area (Å²) in [5.74, 6) is 5.10. The lowest BCUT2D eigenvalue weighted by Gasteiger charge is -2.33. The van der Waals surface area contributed by atoms with Crippen molar-refractivity contribution in [2.75, 3.05) is 20.1 Å². The van der Waals surface area contributed by atoms with Crippen LogP contribution in [0.25, 0.3) is 0 Å². The molecule has 18 heavy (non-hydrogen) atoms. The molecule has 0 aromatic carbocycles. The summed E-state index contributed by atoms with van der Waals surface area (Å²) in [7, 11) is 2.24. The summed E-state index contributed by atoms with van der Waals surface area (Å²) in [6.07, 6.45) is 3.85. The third-order valence-corrected chi connectivity index (χ3v) is 5.04. The number of nitrogens with zero attached hydrogens (tertiary/aromatic N) is 2. The molecule has 0 radical (unpaired) electrons. The first-order chi connectivity index (χ1) is 8.54. The maximum absolute atomic E-state index is 11.6. The molecule has 0 aromatic heterocycles. The Kier molecular flexibility index (Phi) is 4.25. The zero-order chi connectivity index (χ0) is 13.3. The SMILES string of the molecule is CC(C(=O)NN)C(C)N1CCC2CCC(C1)N2C. The van der Waals surface area contributed by atoms with Gasteiger partial charge in [0, 0.05) is 24.7 Å². The summed E-state index contributed by atoms with van der Waals surface area (Å²) in [6, 6.07) is 1.65. The van der Waals surface area contributed by atoms with E-state index in [-0.39, 0.29) is 17.9 Å². The smallest absolute Gasteiger partial charge is 0.238 e. The van der Waals surface area contributed by atoms with Crippen molar-refractivity contribution in [1.82, 2.24) is 15.2 Å². The van der Waals surface area contributed by atoms with E-state index in [0.29, 0.717) is 6.04 Å². The zero-order valence-electron chi connectivity index (χ0n) is 11.7. The number of likely N-dealkylation sites (N-methyl/N-ethyl adjacent to an activating group) is 1. The summed E-state index contributed by atoms with van der Waals surface area (Å²) < 4.78 is 0. The maximum atomic E-state index is 11.6. The first-order valence-corrected chi connectivity index (χ1v) is 7.01. The van der Waals surface area contributed by atoms with Crippen molar-refractivity contribution in [3.05, 3.63) is 0 Å². The van der Waals surface area contributed by atoms with E-state index in [4.69, 9.17) is 5.84 Å². The van der Waals surface area contributed by atoms with Crippen LogP contribution in [0, 0.1) is 5.92 Å². The monoisotopic (exact) mass is 254 g/mol. The molecule has 5 nitrogen and oxygen atoms in total. The molecular weight excluding hydrogens is 228 g/mol. The second-order valence-corrected chi connectivity index (χ2v) is 5.87. The molecule has 1 amide bonds. The van der Waals surface area contributed by atoms with Crippen LogP contribution in [-0.2, 0) is 4.79 Å². The lowest BCUT2D eigenvalue weighted by molar-refractivity contribution is -0.126. The second-order valence-electron chi connectivity index (χ2n) is 5.87. The van der Waals surface area contributed by atoms with Crippen LogP contribution < -0.4 is 11.3 Å². The van der Waals surface area contributed by atoms with Gasteiger partial charge in [0.25, 0.3) is 0 Å². The van der Waals surface area contributed by atoms with Crippen LogP contribution in [0.4, 0.5) is 0 Å². The van der Waals surface area contributed by atoms with E-state index in [0.717, 1.165) is 19.1 Å². The fourth-order valence-corrected chi connectivity index (χ4v) is 3.37. The van der Waals surface area contributed by atoms with Crippen molar-refractivity contribution in [3.8, 4) is 0 Å². The van der Waals surface area contributed by atoms with Crippen LogP contribution in [0.3, 0.4) is 0 Å². The van der Waals surface area contributed by atoms with Gasteiger partial charge in [-0.05, 0) is 39.8 Å². The van der Waals surface area contributed by atoms with Crippen LogP contribution >= 0.6 is 0 Å². The van der Waals surface area contributed by atoms with Gasteiger partial charge in [-0.3, -0.25) is 20.0 Å². The number of hydrogen-bond acceptors (Lipinski definition) is 4. The molecule has 2 bridgehead atoms. The molecule has 4 unspecified atom stereocenters. The topological polar surface area (TPSA) is 61.6 Å². The average molecular weight is 254 g/mol. The molecule has 104 valence electrons. The predicted molar refractivity (Wildman–Crippen MR) is 71.7 cm³/mol. The minimum absolute atomic E-state index is 0.0584. The Hall–Kier alpha value is -0.650. The van der Waals surface area contributed by atoms with E-state index in [1.807, 2.05) is 6.92 Å². The van der Waals surface area contributed by atoms with Gasteiger partial charge >= 0.3 is 0 Å². The zero-order valence-corrected chi connectivity index (χ0v) is 11.7. The number of hydrogen-bond donors (Lipinski definition) is 2. The Labute approximate surface area is 110 Å². The molecular formula is C13H26N4O. The summed E-state index contributed by atoms with van der Waals surface area (Å²) >= 11 is 0. The number of rotatable bonds is 3. The van der Waals surface area contributed by atoms with Crippen molar-refractivity contribution in [1.29, 1.82) is 0 Å².